The van der Waals surface area contributed by atoms with Crippen LogP contribution < -0.4 is 15.9 Å². The molecule has 5 nitrogen and oxygen atoms in total. The van der Waals surface area contributed by atoms with Gasteiger partial charge in [-0.05, 0) is 18.9 Å². The van der Waals surface area contributed by atoms with Gasteiger partial charge in [-0.1, -0.05) is 6.58 Å². The number of anilines is 1. The molecule has 0 aliphatic carbocycles. The molecular formula is C12H11N5. The van der Waals surface area contributed by atoms with Crippen LogP contribution in [0.5, 0.6) is 0 Å². The predicted molar refractivity (Wildman–Crippen MR) is 67.6 cm³/mol. The molecule has 0 atom stereocenters. The Balaban J connectivity index is 2.49. The fourth-order valence-corrected chi connectivity index (χ4v) is 1.33. The molecule has 2 aromatic rings. The number of nitrogens with zero attached hydrogens (tertiary/aromatic N) is 4. The minimum atomic E-state index is 0.559. The van der Waals surface area contributed by atoms with Crippen molar-refractivity contribution in [1.29, 1.82) is 0 Å². The molecule has 17 heavy (non-hydrogen) atoms. The highest BCUT2D eigenvalue weighted by Crippen LogP contribution is 2.02. The van der Waals surface area contributed by atoms with E-state index in [9.17, 15) is 0 Å². The van der Waals surface area contributed by atoms with Crippen molar-refractivity contribution in [3.8, 4) is 0 Å². The molecule has 84 valence electrons. The summed E-state index contributed by atoms with van der Waals surface area (Å²) in [6, 6.07) is 3.68. The van der Waals surface area contributed by atoms with Gasteiger partial charge in [-0.25, -0.2) is 9.98 Å². The van der Waals surface area contributed by atoms with E-state index in [0.29, 0.717) is 17.0 Å². The molecule has 0 radical (unpaired) electrons. The van der Waals surface area contributed by atoms with E-state index in [-0.39, 0.29) is 0 Å². The van der Waals surface area contributed by atoms with Gasteiger partial charge < -0.3 is 5.32 Å². The second-order valence-electron chi connectivity index (χ2n) is 3.22. The zero-order valence-electron chi connectivity index (χ0n) is 9.17. The first-order valence-electron chi connectivity index (χ1n) is 4.95. The van der Waals surface area contributed by atoms with E-state index < -0.39 is 0 Å². The van der Waals surface area contributed by atoms with Gasteiger partial charge in [0.1, 0.15) is 11.6 Å². The highest BCUT2D eigenvalue weighted by molar-refractivity contribution is 5.63. The van der Waals surface area contributed by atoms with Gasteiger partial charge in [0.15, 0.2) is 0 Å². The van der Waals surface area contributed by atoms with Crippen LogP contribution in [0.25, 0.3) is 12.4 Å². The molecule has 0 unspecified atom stereocenters. The molecular weight excluding hydrogens is 214 g/mol. The maximum Gasteiger partial charge on any atom is 0.150 e. The fourth-order valence-electron chi connectivity index (χ4n) is 1.33. The fraction of sp³-hybridized carbons (Fsp3) is 0. The highest BCUT2D eigenvalue weighted by atomic mass is 15.1. The van der Waals surface area contributed by atoms with Gasteiger partial charge in [-0.3, -0.25) is 9.97 Å². The lowest BCUT2D eigenvalue weighted by atomic mass is 10.3. The van der Waals surface area contributed by atoms with E-state index in [1.54, 1.807) is 24.8 Å². The highest BCUT2D eigenvalue weighted by Gasteiger charge is 1.98. The number of rotatable bonds is 3. The summed E-state index contributed by atoms with van der Waals surface area (Å²) in [5.41, 5.74) is 0. The summed E-state index contributed by atoms with van der Waals surface area (Å²) in [7, 11) is 0. The second-order valence-corrected chi connectivity index (χ2v) is 3.22. The van der Waals surface area contributed by atoms with E-state index in [1.807, 2.05) is 12.1 Å². The van der Waals surface area contributed by atoms with Gasteiger partial charge in [-0.15, -0.1) is 0 Å². The molecule has 0 aromatic carbocycles. The summed E-state index contributed by atoms with van der Waals surface area (Å²) in [5.74, 6) is 1.15. The predicted octanol–water partition coefficient (Wildman–Crippen LogP) is 0.160. The Morgan fingerprint density at radius 1 is 1.24 bits per heavy atom. The molecule has 2 rings (SSSR count). The quantitative estimate of drug-likeness (QED) is 0.756. The Hall–Kier alpha value is -2.56. The monoisotopic (exact) mass is 225 g/mol. The van der Waals surface area contributed by atoms with Gasteiger partial charge in [0.05, 0.1) is 11.5 Å². The number of pyridine rings is 1. The van der Waals surface area contributed by atoms with Crippen molar-refractivity contribution in [3.63, 3.8) is 0 Å². The smallest absolute Gasteiger partial charge is 0.150 e. The van der Waals surface area contributed by atoms with Crippen molar-refractivity contribution in [2.45, 2.75) is 0 Å². The number of aliphatic imine (C=N–C) groups is 1. The molecule has 0 saturated carbocycles. The van der Waals surface area contributed by atoms with Crippen LogP contribution >= 0.6 is 0 Å². The number of aromatic nitrogens is 3. The van der Waals surface area contributed by atoms with Crippen LogP contribution in [0.4, 0.5) is 5.82 Å². The largest absolute Gasteiger partial charge is 0.323 e. The Bertz CT molecular complexity index is 621. The minimum absolute atomic E-state index is 0.559. The molecule has 0 aliphatic heterocycles. The van der Waals surface area contributed by atoms with Crippen LogP contribution in [0.1, 0.15) is 0 Å². The Morgan fingerprint density at radius 3 is 2.76 bits per heavy atom. The molecule has 0 aliphatic rings. The third-order valence-electron chi connectivity index (χ3n) is 2.11. The average molecular weight is 225 g/mol. The summed E-state index contributed by atoms with van der Waals surface area (Å²) >= 11 is 0. The summed E-state index contributed by atoms with van der Waals surface area (Å²) in [5, 5.41) is 4.44. The maximum atomic E-state index is 4.10. The lowest BCUT2D eigenvalue weighted by Crippen LogP contribution is -2.30. The van der Waals surface area contributed by atoms with Crippen LogP contribution in [0.15, 0.2) is 41.9 Å². The van der Waals surface area contributed by atoms with Gasteiger partial charge in [0, 0.05) is 23.8 Å². The number of nitrogens with one attached hydrogen (secondary N) is 1. The third-order valence-corrected chi connectivity index (χ3v) is 2.11. The van der Waals surface area contributed by atoms with Crippen LogP contribution in [-0.4, -0.2) is 21.7 Å². The van der Waals surface area contributed by atoms with Gasteiger partial charge in [0.25, 0.3) is 0 Å². The third kappa shape index (κ3) is 2.52. The van der Waals surface area contributed by atoms with Crippen molar-refractivity contribution in [3.05, 3.63) is 47.5 Å². The van der Waals surface area contributed by atoms with E-state index in [4.69, 9.17) is 0 Å². The van der Waals surface area contributed by atoms with E-state index in [0.717, 1.165) is 5.22 Å². The first kappa shape index (κ1) is 10.9. The van der Waals surface area contributed by atoms with Gasteiger partial charge >= 0.3 is 0 Å². The molecule has 0 fully saturated rings. The zero-order chi connectivity index (χ0) is 12.1. The lowest BCUT2D eigenvalue weighted by molar-refractivity contribution is 1.18. The zero-order valence-corrected chi connectivity index (χ0v) is 9.17. The van der Waals surface area contributed by atoms with Crippen LogP contribution in [0, 0.1) is 0 Å². The van der Waals surface area contributed by atoms with Crippen LogP contribution in [-0.2, 0) is 0 Å². The van der Waals surface area contributed by atoms with Gasteiger partial charge in [0.2, 0.25) is 0 Å². The molecule has 0 bridgehead atoms. The van der Waals surface area contributed by atoms with Crippen molar-refractivity contribution < 1.29 is 0 Å². The molecule has 2 heterocycles. The van der Waals surface area contributed by atoms with Crippen LogP contribution in [0.3, 0.4) is 0 Å². The van der Waals surface area contributed by atoms with Crippen molar-refractivity contribution in [2.24, 2.45) is 4.99 Å². The minimum Gasteiger partial charge on any atom is -0.323 e. The van der Waals surface area contributed by atoms with Crippen molar-refractivity contribution >= 4 is 24.9 Å². The van der Waals surface area contributed by atoms with Gasteiger partial charge in [-0.2, -0.15) is 0 Å². The molecule has 2 aromatic heterocycles. The van der Waals surface area contributed by atoms with E-state index in [2.05, 4.69) is 38.6 Å². The second kappa shape index (κ2) is 4.98. The van der Waals surface area contributed by atoms with E-state index in [1.165, 1.54) is 0 Å². The maximum absolute atomic E-state index is 4.10. The molecule has 0 amide bonds. The first-order chi connectivity index (χ1) is 8.31. The molecule has 1 N–H and O–H groups in total. The first-order valence-corrected chi connectivity index (χ1v) is 4.95. The summed E-state index contributed by atoms with van der Waals surface area (Å²) < 4.78 is 0. The molecule has 0 spiro atoms. The summed E-state index contributed by atoms with van der Waals surface area (Å²) in [6.07, 6.45) is 6.47. The van der Waals surface area contributed by atoms with E-state index >= 15 is 0 Å². The standard InChI is InChI=1S/C12H11N5/c1-9-10(4-3-5-15-9)12(13-2)17-11-8-14-6-7-16-11/h3-8H,1-2H2,(H,16,17)/b12-10+. The van der Waals surface area contributed by atoms with Crippen molar-refractivity contribution in [2.75, 3.05) is 5.32 Å². The Labute approximate surface area is 98.3 Å². The summed E-state index contributed by atoms with van der Waals surface area (Å²) in [6.45, 7) is 7.36. The number of hydrogen-bond acceptors (Lipinski definition) is 5. The normalized spacial score (nSPS) is 11.8. The molecule has 5 heteroatoms. The number of hydrogen-bond donors (Lipinski definition) is 1. The topological polar surface area (TPSA) is 63.1 Å². The lowest BCUT2D eigenvalue weighted by Gasteiger charge is -2.04. The Morgan fingerprint density at radius 2 is 2.12 bits per heavy atom. The SMILES string of the molecule is C=N/C(Nc1cnccn1)=c1/cccnc1=C. The average Bonchev–Trinajstić information content (AvgIpc) is 2.38. The molecule has 0 saturated heterocycles. The van der Waals surface area contributed by atoms with Crippen LogP contribution in [0.2, 0.25) is 0 Å². The summed E-state index contributed by atoms with van der Waals surface area (Å²) in [4.78, 5) is 16.1. The van der Waals surface area contributed by atoms with Crippen molar-refractivity contribution in [1.82, 2.24) is 15.0 Å². The Kier molecular flexibility index (Phi) is 3.20.